The maximum atomic E-state index is 12.6. The Hall–Kier alpha value is -1.61. The van der Waals surface area contributed by atoms with Crippen LogP contribution in [0, 0.1) is 0 Å². The Morgan fingerprint density at radius 1 is 1.35 bits per heavy atom. The predicted molar refractivity (Wildman–Crippen MR) is 79.3 cm³/mol. The lowest BCUT2D eigenvalue weighted by Gasteiger charge is -2.19. The minimum atomic E-state index is -4.49. The quantitative estimate of drug-likeness (QED) is 0.857. The Balaban J connectivity index is 1.95. The molecule has 2 rings (SSSR count). The number of halogens is 3. The minimum Gasteiger partial charge on any atom is -0.326 e. The van der Waals surface area contributed by atoms with Crippen molar-refractivity contribution in [2.24, 2.45) is 0 Å². The zero-order valence-electron chi connectivity index (χ0n) is 12.4. The van der Waals surface area contributed by atoms with Gasteiger partial charge in [0.05, 0.1) is 11.8 Å². The van der Waals surface area contributed by atoms with Crippen LogP contribution in [0.2, 0.25) is 0 Å². The van der Waals surface area contributed by atoms with E-state index in [-0.39, 0.29) is 24.7 Å². The number of alkyl halides is 3. The monoisotopic (exact) mass is 350 g/mol. The third-order valence-electron chi connectivity index (χ3n) is 3.41. The van der Waals surface area contributed by atoms with E-state index in [1.54, 1.807) is 0 Å². The number of amides is 1. The molecule has 0 spiro atoms. The molecule has 0 unspecified atom stereocenters. The molecule has 0 aromatic heterocycles. The molecule has 9 heteroatoms. The van der Waals surface area contributed by atoms with Crippen molar-refractivity contribution in [3.8, 4) is 0 Å². The van der Waals surface area contributed by atoms with E-state index >= 15 is 0 Å². The second-order valence-corrected chi connectivity index (χ2v) is 7.42. The van der Waals surface area contributed by atoms with Gasteiger partial charge in [-0.1, -0.05) is 6.07 Å². The minimum absolute atomic E-state index is 0.0221. The van der Waals surface area contributed by atoms with Crippen LogP contribution in [-0.4, -0.2) is 37.5 Å². The molecule has 0 heterocycles. The molecule has 1 aromatic carbocycles. The smallest absolute Gasteiger partial charge is 0.326 e. The van der Waals surface area contributed by atoms with Crippen molar-refractivity contribution in [3.63, 3.8) is 0 Å². The number of nitrogens with zero attached hydrogens (tertiary/aromatic N) is 1. The Bertz CT molecular complexity index is 685. The number of anilines is 1. The van der Waals surface area contributed by atoms with Crippen molar-refractivity contribution < 1.29 is 26.4 Å². The van der Waals surface area contributed by atoms with Crippen LogP contribution in [0.4, 0.5) is 18.9 Å². The van der Waals surface area contributed by atoms with E-state index in [1.807, 2.05) is 0 Å². The van der Waals surface area contributed by atoms with E-state index in [9.17, 15) is 26.4 Å². The standard InChI is InChI=1S/C14H17F3N2O3S/c1-23(21,22)19(12-5-6-12)8-7-13(20)18-11-4-2-3-10(9-11)14(15,16)17/h2-4,9,12H,5-8H2,1H3,(H,18,20). The van der Waals surface area contributed by atoms with E-state index in [1.165, 1.54) is 16.4 Å². The number of nitrogens with one attached hydrogen (secondary N) is 1. The zero-order valence-corrected chi connectivity index (χ0v) is 13.2. The van der Waals surface area contributed by atoms with Crippen molar-refractivity contribution in [2.45, 2.75) is 31.5 Å². The molecule has 23 heavy (non-hydrogen) atoms. The molecular formula is C14H17F3N2O3S. The second kappa shape index (κ2) is 6.48. The zero-order chi connectivity index (χ0) is 17.3. The first-order valence-electron chi connectivity index (χ1n) is 7.01. The maximum absolute atomic E-state index is 12.6. The summed E-state index contributed by atoms with van der Waals surface area (Å²) in [6.07, 6.45) is -1.99. The molecule has 0 aliphatic heterocycles. The van der Waals surface area contributed by atoms with Gasteiger partial charge in [-0.3, -0.25) is 4.79 Å². The average molecular weight is 350 g/mol. The van der Waals surface area contributed by atoms with Crippen LogP contribution >= 0.6 is 0 Å². The molecular weight excluding hydrogens is 333 g/mol. The van der Waals surface area contributed by atoms with Gasteiger partial charge in [0, 0.05) is 24.7 Å². The maximum Gasteiger partial charge on any atom is 0.416 e. The highest BCUT2D eigenvalue weighted by Gasteiger charge is 2.35. The van der Waals surface area contributed by atoms with Gasteiger partial charge < -0.3 is 5.32 Å². The predicted octanol–water partition coefficient (Wildman–Crippen LogP) is 2.46. The summed E-state index contributed by atoms with van der Waals surface area (Å²) in [6.45, 7) is 0.0221. The molecule has 1 aliphatic rings. The molecule has 1 aliphatic carbocycles. The molecule has 0 saturated heterocycles. The van der Waals surface area contributed by atoms with Crippen LogP contribution in [0.3, 0.4) is 0 Å². The first-order valence-corrected chi connectivity index (χ1v) is 8.86. The molecule has 0 radical (unpaired) electrons. The molecule has 1 amide bonds. The number of hydrogen-bond donors (Lipinski definition) is 1. The molecule has 5 nitrogen and oxygen atoms in total. The van der Waals surface area contributed by atoms with Crippen LogP contribution in [0.15, 0.2) is 24.3 Å². The third kappa shape index (κ3) is 5.21. The largest absolute Gasteiger partial charge is 0.416 e. The fraction of sp³-hybridized carbons (Fsp3) is 0.500. The lowest BCUT2D eigenvalue weighted by molar-refractivity contribution is -0.137. The number of carbonyl (C=O) groups excluding carboxylic acids is 1. The van der Waals surface area contributed by atoms with Gasteiger partial charge in [-0.25, -0.2) is 8.42 Å². The van der Waals surface area contributed by atoms with Gasteiger partial charge >= 0.3 is 6.18 Å². The van der Waals surface area contributed by atoms with Gasteiger partial charge in [0.25, 0.3) is 0 Å². The normalized spacial score (nSPS) is 15.7. The highest BCUT2D eigenvalue weighted by molar-refractivity contribution is 7.88. The molecule has 0 atom stereocenters. The highest BCUT2D eigenvalue weighted by atomic mass is 32.2. The van der Waals surface area contributed by atoms with Crippen molar-refractivity contribution in [3.05, 3.63) is 29.8 Å². The van der Waals surface area contributed by atoms with Crippen LogP contribution in [-0.2, 0) is 21.0 Å². The number of hydrogen-bond acceptors (Lipinski definition) is 3. The van der Waals surface area contributed by atoms with E-state index in [2.05, 4.69) is 5.32 Å². The van der Waals surface area contributed by atoms with Crippen LogP contribution < -0.4 is 5.32 Å². The summed E-state index contributed by atoms with van der Waals surface area (Å²) in [6, 6.07) is 4.24. The van der Waals surface area contributed by atoms with Gasteiger partial charge in [-0.15, -0.1) is 0 Å². The first kappa shape index (κ1) is 17.7. The molecule has 128 valence electrons. The second-order valence-electron chi connectivity index (χ2n) is 5.48. The Morgan fingerprint density at radius 2 is 2.00 bits per heavy atom. The van der Waals surface area contributed by atoms with E-state index in [0.29, 0.717) is 0 Å². The van der Waals surface area contributed by atoms with Crippen LogP contribution in [0.1, 0.15) is 24.8 Å². The summed E-state index contributed by atoms with van der Waals surface area (Å²) in [7, 11) is -3.39. The van der Waals surface area contributed by atoms with Gasteiger partial charge in [-0.05, 0) is 31.0 Å². The van der Waals surface area contributed by atoms with Crippen molar-refractivity contribution in [1.82, 2.24) is 4.31 Å². The van der Waals surface area contributed by atoms with Crippen molar-refractivity contribution in [1.29, 1.82) is 0 Å². The Kier molecular flexibility index (Phi) is 5.00. The number of carbonyl (C=O) groups is 1. The highest BCUT2D eigenvalue weighted by Crippen LogP contribution is 2.31. The van der Waals surface area contributed by atoms with E-state index in [0.717, 1.165) is 31.2 Å². The summed E-state index contributed by atoms with van der Waals surface area (Å²) >= 11 is 0. The summed E-state index contributed by atoms with van der Waals surface area (Å²) in [5, 5.41) is 2.36. The summed E-state index contributed by atoms with van der Waals surface area (Å²) in [4.78, 5) is 11.8. The SMILES string of the molecule is CS(=O)(=O)N(CCC(=O)Nc1cccc(C(F)(F)F)c1)C1CC1. The van der Waals surface area contributed by atoms with Gasteiger partial charge in [0.15, 0.2) is 0 Å². The molecule has 1 saturated carbocycles. The first-order chi connectivity index (χ1) is 10.6. The summed E-state index contributed by atoms with van der Waals surface area (Å²) in [5.41, 5.74) is -0.826. The molecule has 0 bridgehead atoms. The van der Waals surface area contributed by atoms with Crippen molar-refractivity contribution in [2.75, 3.05) is 18.1 Å². The van der Waals surface area contributed by atoms with Crippen LogP contribution in [0.5, 0.6) is 0 Å². The van der Waals surface area contributed by atoms with Crippen LogP contribution in [0.25, 0.3) is 0 Å². The number of sulfonamides is 1. The fourth-order valence-electron chi connectivity index (χ4n) is 2.19. The van der Waals surface area contributed by atoms with Gasteiger partial charge in [0.1, 0.15) is 0 Å². The summed E-state index contributed by atoms with van der Waals surface area (Å²) < 4.78 is 62.3. The molecule has 1 N–H and O–H groups in total. The third-order valence-corrected chi connectivity index (χ3v) is 4.75. The topological polar surface area (TPSA) is 66.5 Å². The van der Waals surface area contributed by atoms with Gasteiger partial charge in [-0.2, -0.15) is 17.5 Å². The van der Waals surface area contributed by atoms with Gasteiger partial charge in [0.2, 0.25) is 15.9 Å². The Labute approximate surface area is 132 Å². The number of rotatable bonds is 6. The summed E-state index contributed by atoms with van der Waals surface area (Å²) in [5.74, 6) is -0.529. The Morgan fingerprint density at radius 3 is 2.52 bits per heavy atom. The fourth-order valence-corrected chi connectivity index (χ4v) is 3.37. The molecule has 1 fully saturated rings. The number of benzene rings is 1. The molecule has 1 aromatic rings. The average Bonchev–Trinajstić information content (AvgIpc) is 3.21. The van der Waals surface area contributed by atoms with E-state index < -0.39 is 27.7 Å². The lowest BCUT2D eigenvalue weighted by atomic mass is 10.2. The lowest BCUT2D eigenvalue weighted by Crippen LogP contribution is -2.34. The van der Waals surface area contributed by atoms with E-state index in [4.69, 9.17) is 0 Å². The van der Waals surface area contributed by atoms with Crippen molar-refractivity contribution >= 4 is 21.6 Å².